The molecule has 1 saturated heterocycles. The normalized spacial score (nSPS) is 18.1. The molecule has 132 valence electrons. The molecule has 0 radical (unpaired) electrons. The van der Waals surface area contributed by atoms with E-state index in [1.54, 1.807) is 0 Å². The van der Waals surface area contributed by atoms with Crippen molar-refractivity contribution in [2.75, 3.05) is 6.54 Å². The van der Waals surface area contributed by atoms with Gasteiger partial charge in [0.2, 0.25) is 0 Å². The highest BCUT2D eigenvalue weighted by Gasteiger charge is 2.45. The molecule has 0 saturated carbocycles. The van der Waals surface area contributed by atoms with Gasteiger partial charge in [-0.25, -0.2) is 0 Å². The van der Waals surface area contributed by atoms with Crippen molar-refractivity contribution in [1.29, 1.82) is 0 Å². The molecule has 0 N–H and O–H groups in total. The second-order valence-electron chi connectivity index (χ2n) is 7.06. The van der Waals surface area contributed by atoms with Gasteiger partial charge < -0.3 is 0 Å². The lowest BCUT2D eigenvalue weighted by Crippen LogP contribution is -2.44. The quantitative estimate of drug-likeness (QED) is 0.516. The molecule has 1 atom stereocenters. The first-order valence-electron chi connectivity index (χ1n) is 9.36. The molecule has 0 amide bonds. The summed E-state index contributed by atoms with van der Waals surface area (Å²) in [4.78, 5) is 2.02. The van der Waals surface area contributed by atoms with Crippen molar-refractivity contribution < 1.29 is 0 Å². The summed E-state index contributed by atoms with van der Waals surface area (Å²) in [6, 6.07) is 32.1. The maximum Gasteiger partial charge on any atom is 0.110 e. The lowest BCUT2D eigenvalue weighted by atomic mass is 9.82. The van der Waals surface area contributed by atoms with Gasteiger partial charge in [-0.15, -0.1) is 11.6 Å². The van der Waals surface area contributed by atoms with E-state index in [0.717, 1.165) is 19.5 Å². The number of rotatable bonds is 5. The van der Waals surface area contributed by atoms with Crippen LogP contribution in [0.5, 0.6) is 0 Å². The molecule has 0 aromatic heterocycles. The molecular formula is C24H24ClN. The number of hydrogen-bond donors (Lipinski definition) is 0. The van der Waals surface area contributed by atoms with E-state index >= 15 is 0 Å². The second-order valence-corrected chi connectivity index (χ2v) is 7.65. The highest BCUT2D eigenvalue weighted by Crippen LogP contribution is 2.46. The molecule has 3 aromatic rings. The van der Waals surface area contributed by atoms with E-state index in [1.807, 2.05) is 0 Å². The monoisotopic (exact) mass is 361 g/mol. The van der Waals surface area contributed by atoms with E-state index in [2.05, 4.69) is 95.9 Å². The van der Waals surface area contributed by atoms with Crippen molar-refractivity contribution in [1.82, 2.24) is 4.90 Å². The Morgan fingerprint density at radius 2 is 1.27 bits per heavy atom. The van der Waals surface area contributed by atoms with E-state index in [0.29, 0.717) is 0 Å². The van der Waals surface area contributed by atoms with Crippen molar-refractivity contribution in [3.05, 3.63) is 108 Å². The van der Waals surface area contributed by atoms with E-state index in [-0.39, 0.29) is 6.04 Å². The second kappa shape index (κ2) is 7.65. The van der Waals surface area contributed by atoms with Gasteiger partial charge in [-0.1, -0.05) is 91.0 Å². The summed E-state index contributed by atoms with van der Waals surface area (Å²) in [6.45, 7) is 2.04. The molecule has 0 spiro atoms. The fraction of sp³-hybridized carbons (Fsp3) is 0.250. The minimum Gasteiger partial charge on any atom is -0.294 e. The summed E-state index contributed by atoms with van der Waals surface area (Å²) in [7, 11) is 0. The molecule has 1 aliphatic heterocycles. The first-order valence-corrected chi connectivity index (χ1v) is 9.74. The van der Waals surface area contributed by atoms with Gasteiger partial charge in [-0.2, -0.15) is 0 Å². The third-order valence-electron chi connectivity index (χ3n) is 5.44. The largest absolute Gasteiger partial charge is 0.294 e. The maximum absolute atomic E-state index is 7.52. The average Bonchev–Trinajstić information content (AvgIpc) is 3.18. The first kappa shape index (κ1) is 17.3. The molecule has 1 heterocycles. The van der Waals surface area contributed by atoms with E-state index in [9.17, 15) is 0 Å². The summed E-state index contributed by atoms with van der Waals surface area (Å²) in [5, 5.41) is 0. The smallest absolute Gasteiger partial charge is 0.110 e. The summed E-state index contributed by atoms with van der Waals surface area (Å²) < 4.78 is 0. The average molecular weight is 362 g/mol. The number of likely N-dealkylation sites (tertiary alicyclic amines) is 1. The van der Waals surface area contributed by atoms with Crippen LogP contribution in [0, 0.1) is 0 Å². The molecule has 1 aliphatic rings. The molecular weight excluding hydrogens is 338 g/mol. The van der Waals surface area contributed by atoms with Gasteiger partial charge in [0.25, 0.3) is 0 Å². The van der Waals surface area contributed by atoms with Gasteiger partial charge in [-0.3, -0.25) is 4.90 Å². The topological polar surface area (TPSA) is 3.24 Å². The molecule has 0 unspecified atom stereocenters. The number of benzene rings is 3. The van der Waals surface area contributed by atoms with Gasteiger partial charge in [0.1, 0.15) is 4.87 Å². The van der Waals surface area contributed by atoms with Crippen LogP contribution in [0.1, 0.15) is 29.5 Å². The van der Waals surface area contributed by atoms with Gasteiger partial charge in [0.05, 0.1) is 0 Å². The fourth-order valence-electron chi connectivity index (χ4n) is 4.20. The van der Waals surface area contributed by atoms with Crippen LogP contribution in [0.25, 0.3) is 0 Å². The zero-order valence-corrected chi connectivity index (χ0v) is 15.6. The van der Waals surface area contributed by atoms with Crippen LogP contribution in [0.3, 0.4) is 0 Å². The highest BCUT2D eigenvalue weighted by molar-refractivity contribution is 6.26. The molecule has 3 aromatic carbocycles. The van der Waals surface area contributed by atoms with Crippen LogP contribution in [0.4, 0.5) is 0 Å². The van der Waals surface area contributed by atoms with Crippen molar-refractivity contribution in [2.24, 2.45) is 0 Å². The summed E-state index contributed by atoms with van der Waals surface area (Å²) >= 11 is 7.52. The van der Waals surface area contributed by atoms with Gasteiger partial charge >= 0.3 is 0 Å². The Kier molecular flexibility index (Phi) is 5.10. The van der Waals surface area contributed by atoms with Crippen LogP contribution < -0.4 is 0 Å². The predicted octanol–water partition coefficient (Wildman–Crippen LogP) is 5.83. The predicted molar refractivity (Wildman–Crippen MR) is 109 cm³/mol. The Morgan fingerprint density at radius 3 is 1.81 bits per heavy atom. The number of nitrogens with zero attached hydrogens (tertiary/aromatic N) is 1. The van der Waals surface area contributed by atoms with Crippen molar-refractivity contribution in [2.45, 2.75) is 30.3 Å². The molecule has 2 heteroatoms. The lowest BCUT2D eigenvalue weighted by Gasteiger charge is -2.39. The summed E-state index contributed by atoms with van der Waals surface area (Å²) in [5.74, 6) is 0. The standard InChI is InChI=1S/C24H24ClN/c25-24(21-13-6-2-7-14-21,22-15-8-3-9-16-22)23-17-10-18-26(23)19-20-11-4-1-5-12-20/h1-9,11-16,23H,10,17-19H2/t23-/m0/s1. The number of halogens is 1. The van der Waals surface area contributed by atoms with Gasteiger partial charge in [0.15, 0.2) is 0 Å². The lowest BCUT2D eigenvalue weighted by molar-refractivity contribution is 0.212. The highest BCUT2D eigenvalue weighted by atomic mass is 35.5. The Morgan fingerprint density at radius 1 is 0.769 bits per heavy atom. The fourth-order valence-corrected chi connectivity index (χ4v) is 4.70. The van der Waals surface area contributed by atoms with Crippen LogP contribution in [-0.4, -0.2) is 17.5 Å². The van der Waals surface area contributed by atoms with Gasteiger partial charge in [-0.05, 0) is 36.1 Å². The Bertz CT molecular complexity index is 777. The van der Waals surface area contributed by atoms with Crippen LogP contribution in [0.15, 0.2) is 91.0 Å². The Balaban J connectivity index is 1.74. The van der Waals surface area contributed by atoms with E-state index in [1.165, 1.54) is 23.1 Å². The van der Waals surface area contributed by atoms with Crippen LogP contribution in [0.2, 0.25) is 0 Å². The minimum absolute atomic E-state index is 0.272. The Labute approximate surface area is 161 Å². The summed E-state index contributed by atoms with van der Waals surface area (Å²) in [5.41, 5.74) is 3.70. The van der Waals surface area contributed by atoms with Gasteiger partial charge in [0, 0.05) is 12.6 Å². The minimum atomic E-state index is -0.534. The third-order valence-corrected chi connectivity index (χ3v) is 6.13. The first-order chi connectivity index (χ1) is 12.8. The molecule has 4 rings (SSSR count). The van der Waals surface area contributed by atoms with Crippen molar-refractivity contribution in [3.8, 4) is 0 Å². The molecule has 26 heavy (non-hydrogen) atoms. The van der Waals surface area contributed by atoms with Crippen molar-refractivity contribution in [3.63, 3.8) is 0 Å². The zero-order chi connectivity index (χ0) is 17.8. The third kappa shape index (κ3) is 3.30. The molecule has 1 fully saturated rings. The van der Waals surface area contributed by atoms with Crippen LogP contribution >= 0.6 is 11.6 Å². The number of hydrogen-bond acceptors (Lipinski definition) is 1. The van der Waals surface area contributed by atoms with Crippen LogP contribution in [-0.2, 0) is 11.4 Å². The molecule has 1 nitrogen and oxygen atoms in total. The van der Waals surface area contributed by atoms with E-state index < -0.39 is 4.87 Å². The summed E-state index contributed by atoms with van der Waals surface area (Å²) in [6.07, 6.45) is 2.30. The zero-order valence-electron chi connectivity index (χ0n) is 14.9. The maximum atomic E-state index is 7.52. The molecule has 0 aliphatic carbocycles. The number of alkyl halides is 1. The Hall–Kier alpha value is -2.09. The van der Waals surface area contributed by atoms with Crippen molar-refractivity contribution >= 4 is 11.6 Å². The molecule has 0 bridgehead atoms. The SMILES string of the molecule is ClC(c1ccccc1)(c1ccccc1)[C@@H]1CCCN1Cc1ccccc1. The van der Waals surface area contributed by atoms with E-state index in [4.69, 9.17) is 11.6 Å².